The molecule has 4 nitrogen and oxygen atoms in total. The standard InChI is InChI=1S/C26H31NO3/c1-17(2)24-25(19(4)28-22-13-7-9-18(3)15-22)30-26(27-24)20-10-8-14-23(16-20)29-21-11-5-6-12-21/h7-10,13-17,19,21H,5-6,11-12H2,1-4H3. The molecular weight excluding hydrogens is 374 g/mol. The van der Waals surface area contributed by atoms with Crippen LogP contribution in [0.3, 0.4) is 0 Å². The minimum Gasteiger partial charge on any atom is -0.490 e. The van der Waals surface area contributed by atoms with Gasteiger partial charge in [0.1, 0.15) is 11.5 Å². The number of hydrogen-bond donors (Lipinski definition) is 0. The van der Waals surface area contributed by atoms with Crippen molar-refractivity contribution in [1.82, 2.24) is 4.98 Å². The Labute approximate surface area is 179 Å². The second-order valence-corrected chi connectivity index (χ2v) is 8.55. The second kappa shape index (κ2) is 8.95. The van der Waals surface area contributed by atoms with Gasteiger partial charge in [-0.15, -0.1) is 0 Å². The smallest absolute Gasteiger partial charge is 0.226 e. The molecule has 30 heavy (non-hydrogen) atoms. The number of oxazole rings is 1. The largest absolute Gasteiger partial charge is 0.490 e. The van der Waals surface area contributed by atoms with E-state index in [2.05, 4.69) is 26.8 Å². The van der Waals surface area contributed by atoms with Crippen molar-refractivity contribution in [2.75, 3.05) is 0 Å². The zero-order chi connectivity index (χ0) is 21.1. The molecule has 1 unspecified atom stereocenters. The van der Waals surface area contributed by atoms with Crippen molar-refractivity contribution in [3.8, 4) is 23.0 Å². The summed E-state index contributed by atoms with van der Waals surface area (Å²) in [6, 6.07) is 16.1. The fourth-order valence-electron chi connectivity index (χ4n) is 4.02. The molecule has 0 spiro atoms. The lowest BCUT2D eigenvalue weighted by molar-refractivity contribution is 0.194. The summed E-state index contributed by atoms with van der Waals surface area (Å²) in [4.78, 5) is 4.83. The predicted molar refractivity (Wildman–Crippen MR) is 119 cm³/mol. The summed E-state index contributed by atoms with van der Waals surface area (Å²) in [6.07, 6.45) is 4.88. The van der Waals surface area contributed by atoms with Crippen molar-refractivity contribution in [3.63, 3.8) is 0 Å². The van der Waals surface area contributed by atoms with Crippen LogP contribution in [0.1, 0.15) is 75.5 Å². The normalized spacial score (nSPS) is 15.5. The molecule has 0 radical (unpaired) electrons. The summed E-state index contributed by atoms with van der Waals surface area (Å²) in [6.45, 7) is 8.33. The number of nitrogens with zero attached hydrogens (tertiary/aromatic N) is 1. The Kier molecular flexibility index (Phi) is 6.12. The number of aromatic nitrogens is 1. The molecule has 2 aromatic carbocycles. The molecule has 1 atom stereocenters. The number of hydrogen-bond acceptors (Lipinski definition) is 4. The van der Waals surface area contributed by atoms with Gasteiger partial charge in [0.15, 0.2) is 11.9 Å². The van der Waals surface area contributed by atoms with Crippen molar-refractivity contribution in [2.45, 2.75) is 71.5 Å². The van der Waals surface area contributed by atoms with Gasteiger partial charge in [-0.1, -0.05) is 32.0 Å². The monoisotopic (exact) mass is 405 g/mol. The second-order valence-electron chi connectivity index (χ2n) is 8.55. The molecule has 0 amide bonds. The molecule has 0 N–H and O–H groups in total. The highest BCUT2D eigenvalue weighted by Crippen LogP contribution is 2.34. The van der Waals surface area contributed by atoms with Crippen molar-refractivity contribution >= 4 is 0 Å². The van der Waals surface area contributed by atoms with Gasteiger partial charge in [-0.25, -0.2) is 4.98 Å². The molecule has 1 aromatic heterocycles. The molecule has 1 aliphatic carbocycles. The van der Waals surface area contributed by atoms with E-state index in [1.807, 2.05) is 49.4 Å². The fourth-order valence-corrected chi connectivity index (χ4v) is 4.02. The predicted octanol–water partition coefficient (Wildman–Crippen LogP) is 7.23. The molecular formula is C26H31NO3. The van der Waals surface area contributed by atoms with Crippen LogP contribution in [0.2, 0.25) is 0 Å². The van der Waals surface area contributed by atoms with E-state index in [0.29, 0.717) is 12.0 Å². The van der Waals surface area contributed by atoms with Crippen LogP contribution in [0.4, 0.5) is 0 Å². The van der Waals surface area contributed by atoms with Gasteiger partial charge in [-0.05, 0) is 81.3 Å². The van der Waals surface area contributed by atoms with Crippen LogP contribution in [0, 0.1) is 6.92 Å². The fraction of sp³-hybridized carbons (Fsp3) is 0.423. The van der Waals surface area contributed by atoms with Gasteiger partial charge in [0.2, 0.25) is 5.89 Å². The number of ether oxygens (including phenoxy) is 2. The van der Waals surface area contributed by atoms with E-state index in [1.54, 1.807) is 0 Å². The van der Waals surface area contributed by atoms with E-state index < -0.39 is 0 Å². The van der Waals surface area contributed by atoms with Crippen molar-refractivity contribution < 1.29 is 13.9 Å². The summed E-state index contributed by atoms with van der Waals surface area (Å²) < 4.78 is 18.6. The molecule has 0 saturated heterocycles. The van der Waals surface area contributed by atoms with Gasteiger partial charge in [-0.3, -0.25) is 0 Å². The lowest BCUT2D eigenvalue weighted by Gasteiger charge is -2.15. The first kappa shape index (κ1) is 20.5. The number of rotatable bonds is 7. The lowest BCUT2D eigenvalue weighted by Crippen LogP contribution is -2.10. The Morgan fingerprint density at radius 2 is 1.70 bits per heavy atom. The van der Waals surface area contributed by atoms with Crippen LogP contribution < -0.4 is 9.47 Å². The Morgan fingerprint density at radius 3 is 2.43 bits per heavy atom. The quantitative estimate of drug-likeness (QED) is 0.416. The zero-order valence-electron chi connectivity index (χ0n) is 18.4. The van der Waals surface area contributed by atoms with Gasteiger partial charge in [-0.2, -0.15) is 0 Å². The maximum absolute atomic E-state index is 6.26. The highest BCUT2D eigenvalue weighted by atomic mass is 16.5. The molecule has 1 heterocycles. The summed E-state index contributed by atoms with van der Waals surface area (Å²) in [7, 11) is 0. The molecule has 0 bridgehead atoms. The third-order valence-electron chi connectivity index (χ3n) is 5.59. The van der Waals surface area contributed by atoms with Gasteiger partial charge >= 0.3 is 0 Å². The average Bonchev–Trinajstić information content (AvgIpc) is 3.38. The van der Waals surface area contributed by atoms with Crippen LogP contribution in [0.15, 0.2) is 52.9 Å². The van der Waals surface area contributed by atoms with E-state index in [1.165, 1.54) is 18.4 Å². The van der Waals surface area contributed by atoms with Crippen LogP contribution >= 0.6 is 0 Å². The van der Waals surface area contributed by atoms with Crippen LogP contribution in [-0.4, -0.2) is 11.1 Å². The third-order valence-corrected chi connectivity index (χ3v) is 5.59. The van der Waals surface area contributed by atoms with E-state index in [9.17, 15) is 0 Å². The zero-order valence-corrected chi connectivity index (χ0v) is 18.4. The van der Waals surface area contributed by atoms with E-state index in [-0.39, 0.29) is 12.0 Å². The summed E-state index contributed by atoms with van der Waals surface area (Å²) in [5, 5.41) is 0. The van der Waals surface area contributed by atoms with Crippen LogP contribution in [-0.2, 0) is 0 Å². The molecule has 4 rings (SSSR count). The molecule has 1 fully saturated rings. The highest BCUT2D eigenvalue weighted by molar-refractivity contribution is 5.56. The third kappa shape index (κ3) is 4.69. The summed E-state index contributed by atoms with van der Waals surface area (Å²) in [5.74, 6) is 3.35. The molecule has 0 aliphatic heterocycles. The molecule has 1 aliphatic rings. The van der Waals surface area contributed by atoms with Gasteiger partial charge in [0, 0.05) is 5.56 Å². The van der Waals surface area contributed by atoms with E-state index in [4.69, 9.17) is 18.9 Å². The molecule has 3 aromatic rings. The van der Waals surface area contributed by atoms with Crippen molar-refractivity contribution in [1.29, 1.82) is 0 Å². The first-order chi connectivity index (χ1) is 14.5. The van der Waals surface area contributed by atoms with E-state index in [0.717, 1.165) is 41.4 Å². The Bertz CT molecular complexity index is 985. The Balaban J connectivity index is 1.59. The SMILES string of the molecule is Cc1cccc(OC(C)c2oc(-c3cccc(OC4CCCC4)c3)nc2C(C)C)c1. The first-order valence-corrected chi connectivity index (χ1v) is 11.0. The summed E-state index contributed by atoms with van der Waals surface area (Å²) >= 11 is 0. The topological polar surface area (TPSA) is 44.5 Å². The highest BCUT2D eigenvalue weighted by Gasteiger charge is 2.24. The maximum atomic E-state index is 6.26. The lowest BCUT2D eigenvalue weighted by atomic mass is 10.1. The Morgan fingerprint density at radius 1 is 0.967 bits per heavy atom. The number of benzene rings is 2. The minimum absolute atomic E-state index is 0.233. The number of aryl methyl sites for hydroxylation is 1. The van der Waals surface area contributed by atoms with E-state index >= 15 is 0 Å². The average molecular weight is 406 g/mol. The van der Waals surface area contributed by atoms with Crippen molar-refractivity contribution in [3.05, 3.63) is 65.5 Å². The first-order valence-electron chi connectivity index (χ1n) is 11.0. The van der Waals surface area contributed by atoms with Crippen molar-refractivity contribution in [2.24, 2.45) is 0 Å². The molecule has 158 valence electrons. The van der Waals surface area contributed by atoms with Crippen LogP contribution in [0.25, 0.3) is 11.5 Å². The van der Waals surface area contributed by atoms with Gasteiger partial charge in [0.25, 0.3) is 0 Å². The van der Waals surface area contributed by atoms with Crippen LogP contribution in [0.5, 0.6) is 11.5 Å². The minimum atomic E-state index is -0.233. The van der Waals surface area contributed by atoms with Gasteiger partial charge < -0.3 is 13.9 Å². The summed E-state index contributed by atoms with van der Waals surface area (Å²) in [5.41, 5.74) is 3.04. The Hall–Kier alpha value is -2.75. The maximum Gasteiger partial charge on any atom is 0.226 e. The molecule has 1 saturated carbocycles. The molecule has 4 heteroatoms. The van der Waals surface area contributed by atoms with Gasteiger partial charge in [0.05, 0.1) is 11.8 Å².